The molecule has 1 aromatic rings. The number of sulfonamides is 1. The molecular formula is C14H23IN4O2S. The highest BCUT2D eigenvalue weighted by Crippen LogP contribution is 2.08. The Morgan fingerprint density at radius 2 is 2.00 bits per heavy atom. The Hall–Kier alpha value is -1.13. The second kappa shape index (κ2) is 10.6. The van der Waals surface area contributed by atoms with Gasteiger partial charge in [0.25, 0.3) is 0 Å². The molecule has 1 aromatic carbocycles. The Labute approximate surface area is 149 Å². The van der Waals surface area contributed by atoms with Crippen molar-refractivity contribution >= 4 is 40.0 Å². The zero-order chi connectivity index (χ0) is 15.7. The molecule has 0 bridgehead atoms. The van der Waals surface area contributed by atoms with Crippen LogP contribution in [0, 0.1) is 0 Å². The quantitative estimate of drug-likeness (QED) is 0.259. The van der Waals surface area contributed by atoms with E-state index in [0.717, 1.165) is 11.1 Å². The molecule has 0 spiro atoms. The summed E-state index contributed by atoms with van der Waals surface area (Å²) in [7, 11) is -0.153. The van der Waals surface area contributed by atoms with Crippen LogP contribution in [-0.4, -0.2) is 35.0 Å². The Kier molecular flexibility index (Phi) is 10.0. The highest BCUT2D eigenvalue weighted by atomic mass is 127. The molecule has 0 fully saturated rings. The average molecular weight is 438 g/mol. The third kappa shape index (κ3) is 7.76. The summed E-state index contributed by atoms with van der Waals surface area (Å²) >= 11 is 0. The lowest BCUT2D eigenvalue weighted by molar-refractivity contribution is 0.587. The molecule has 3 N–H and O–H groups in total. The molecule has 0 heterocycles. The highest BCUT2D eigenvalue weighted by molar-refractivity contribution is 14.0. The SMILES string of the molecule is C=CCNC(=NC)NCc1cccc(CS(=O)(=O)NC)c1.I. The normalized spacial score (nSPS) is 11.5. The molecular weight excluding hydrogens is 415 g/mol. The molecule has 0 unspecified atom stereocenters. The molecule has 0 radical (unpaired) electrons. The molecule has 8 heteroatoms. The van der Waals surface area contributed by atoms with Gasteiger partial charge in [-0.25, -0.2) is 13.1 Å². The van der Waals surface area contributed by atoms with Gasteiger partial charge >= 0.3 is 0 Å². The van der Waals surface area contributed by atoms with E-state index in [1.54, 1.807) is 19.2 Å². The molecule has 0 amide bonds. The van der Waals surface area contributed by atoms with Crippen molar-refractivity contribution in [2.24, 2.45) is 4.99 Å². The van der Waals surface area contributed by atoms with Crippen LogP contribution in [0.4, 0.5) is 0 Å². The lowest BCUT2D eigenvalue weighted by atomic mass is 10.1. The van der Waals surface area contributed by atoms with Crippen molar-refractivity contribution < 1.29 is 8.42 Å². The molecule has 0 aromatic heterocycles. The lowest BCUT2D eigenvalue weighted by Crippen LogP contribution is -2.36. The summed E-state index contributed by atoms with van der Waals surface area (Å²) in [4.78, 5) is 4.08. The summed E-state index contributed by atoms with van der Waals surface area (Å²) in [5.74, 6) is 0.643. The van der Waals surface area contributed by atoms with Gasteiger partial charge in [-0.1, -0.05) is 30.3 Å². The van der Waals surface area contributed by atoms with Crippen LogP contribution in [0.2, 0.25) is 0 Å². The van der Waals surface area contributed by atoms with Crippen LogP contribution in [0.5, 0.6) is 0 Å². The molecule has 0 aliphatic carbocycles. The number of hydrogen-bond acceptors (Lipinski definition) is 3. The smallest absolute Gasteiger partial charge is 0.215 e. The van der Waals surface area contributed by atoms with Gasteiger partial charge in [-0.15, -0.1) is 30.6 Å². The van der Waals surface area contributed by atoms with Crippen molar-refractivity contribution in [2.75, 3.05) is 20.6 Å². The fraction of sp³-hybridized carbons (Fsp3) is 0.357. The predicted molar refractivity (Wildman–Crippen MR) is 102 cm³/mol. The molecule has 22 heavy (non-hydrogen) atoms. The first kappa shape index (κ1) is 20.9. The third-order valence-electron chi connectivity index (χ3n) is 2.76. The van der Waals surface area contributed by atoms with Gasteiger partial charge in [-0.05, 0) is 18.2 Å². The summed E-state index contributed by atoms with van der Waals surface area (Å²) in [6.45, 7) is 4.82. The standard InChI is InChI=1S/C14H22N4O2S.HI/c1-4-8-17-14(15-2)18-10-12-6-5-7-13(9-12)11-21(19,20)16-3;/h4-7,9,16H,1,8,10-11H2,2-3H3,(H2,15,17,18);1H. The molecule has 1 rings (SSSR count). The predicted octanol–water partition coefficient (Wildman–Crippen LogP) is 1.20. The van der Waals surface area contributed by atoms with E-state index in [1.807, 2.05) is 18.2 Å². The van der Waals surface area contributed by atoms with E-state index in [0.29, 0.717) is 19.0 Å². The van der Waals surface area contributed by atoms with Crippen LogP contribution < -0.4 is 15.4 Å². The Bertz CT molecular complexity index is 603. The molecule has 0 aliphatic heterocycles. The molecule has 6 nitrogen and oxygen atoms in total. The number of benzene rings is 1. The van der Waals surface area contributed by atoms with E-state index >= 15 is 0 Å². The van der Waals surface area contributed by atoms with E-state index in [9.17, 15) is 8.42 Å². The van der Waals surface area contributed by atoms with Gasteiger partial charge in [0.15, 0.2) is 5.96 Å². The van der Waals surface area contributed by atoms with Crippen molar-refractivity contribution in [3.8, 4) is 0 Å². The van der Waals surface area contributed by atoms with Crippen molar-refractivity contribution in [2.45, 2.75) is 12.3 Å². The van der Waals surface area contributed by atoms with Crippen LogP contribution in [0.1, 0.15) is 11.1 Å². The second-order valence-corrected chi connectivity index (χ2v) is 6.30. The molecule has 0 saturated heterocycles. The van der Waals surface area contributed by atoms with Crippen molar-refractivity contribution in [3.63, 3.8) is 0 Å². The van der Waals surface area contributed by atoms with Gasteiger partial charge in [-0.3, -0.25) is 4.99 Å². The van der Waals surface area contributed by atoms with Crippen LogP contribution in [0.25, 0.3) is 0 Å². The summed E-state index contributed by atoms with van der Waals surface area (Å²) in [6.07, 6.45) is 1.75. The van der Waals surface area contributed by atoms with Crippen LogP contribution in [-0.2, 0) is 22.3 Å². The maximum absolute atomic E-state index is 11.5. The molecule has 124 valence electrons. The van der Waals surface area contributed by atoms with E-state index < -0.39 is 10.0 Å². The Morgan fingerprint density at radius 3 is 2.59 bits per heavy atom. The summed E-state index contributed by atoms with van der Waals surface area (Å²) in [5, 5.41) is 6.22. The van der Waals surface area contributed by atoms with E-state index in [1.165, 1.54) is 7.05 Å². The molecule has 0 atom stereocenters. The summed E-state index contributed by atoms with van der Waals surface area (Å²) in [5.41, 5.74) is 1.73. The van der Waals surface area contributed by atoms with Crippen molar-refractivity contribution in [1.82, 2.24) is 15.4 Å². The minimum atomic E-state index is -3.25. The fourth-order valence-electron chi connectivity index (χ4n) is 1.70. The van der Waals surface area contributed by atoms with Gasteiger partial charge in [0.05, 0.1) is 5.75 Å². The number of guanidine groups is 1. The third-order valence-corrected chi connectivity index (χ3v) is 4.09. The molecule has 0 aliphatic rings. The zero-order valence-corrected chi connectivity index (χ0v) is 15.9. The van der Waals surface area contributed by atoms with Crippen LogP contribution >= 0.6 is 24.0 Å². The van der Waals surface area contributed by atoms with Gasteiger partial charge < -0.3 is 10.6 Å². The average Bonchev–Trinajstić information content (AvgIpc) is 2.47. The number of rotatable bonds is 7. The highest BCUT2D eigenvalue weighted by Gasteiger charge is 2.08. The van der Waals surface area contributed by atoms with E-state index in [2.05, 4.69) is 26.9 Å². The first-order valence-corrected chi connectivity index (χ1v) is 8.20. The van der Waals surface area contributed by atoms with Gasteiger partial charge in [0.2, 0.25) is 10.0 Å². The largest absolute Gasteiger partial charge is 0.353 e. The lowest BCUT2D eigenvalue weighted by Gasteiger charge is -2.11. The summed E-state index contributed by atoms with van der Waals surface area (Å²) < 4.78 is 25.4. The second-order valence-electron chi connectivity index (χ2n) is 4.38. The fourth-order valence-corrected chi connectivity index (χ4v) is 2.46. The topological polar surface area (TPSA) is 82.6 Å². The van der Waals surface area contributed by atoms with Gasteiger partial charge in [0.1, 0.15) is 0 Å². The number of aliphatic imine (C=N–C) groups is 1. The maximum Gasteiger partial charge on any atom is 0.215 e. The minimum Gasteiger partial charge on any atom is -0.353 e. The first-order chi connectivity index (χ1) is 10.0. The van der Waals surface area contributed by atoms with E-state index in [-0.39, 0.29) is 29.7 Å². The molecule has 0 saturated carbocycles. The zero-order valence-electron chi connectivity index (χ0n) is 12.8. The Morgan fingerprint density at radius 1 is 1.32 bits per heavy atom. The summed E-state index contributed by atoms with van der Waals surface area (Å²) in [6, 6.07) is 7.44. The van der Waals surface area contributed by atoms with Crippen LogP contribution in [0.15, 0.2) is 41.9 Å². The van der Waals surface area contributed by atoms with Crippen LogP contribution in [0.3, 0.4) is 0 Å². The van der Waals surface area contributed by atoms with Crippen molar-refractivity contribution in [1.29, 1.82) is 0 Å². The maximum atomic E-state index is 11.5. The number of halogens is 1. The van der Waals surface area contributed by atoms with Gasteiger partial charge in [0, 0.05) is 20.1 Å². The van der Waals surface area contributed by atoms with Gasteiger partial charge in [-0.2, -0.15) is 0 Å². The number of nitrogens with one attached hydrogen (secondary N) is 3. The Balaban J connectivity index is 0.00000441. The minimum absolute atomic E-state index is 0. The van der Waals surface area contributed by atoms with E-state index in [4.69, 9.17) is 0 Å². The monoisotopic (exact) mass is 438 g/mol. The first-order valence-electron chi connectivity index (χ1n) is 6.55. The van der Waals surface area contributed by atoms with Crippen molar-refractivity contribution in [3.05, 3.63) is 48.0 Å². The number of hydrogen-bond donors (Lipinski definition) is 3. The number of nitrogens with zero attached hydrogens (tertiary/aromatic N) is 1.